The van der Waals surface area contributed by atoms with Crippen LogP contribution in [0.4, 0.5) is 0 Å². The largest absolute Gasteiger partial charge is 0.392 e. The molecule has 1 N–H and O–H groups in total. The lowest BCUT2D eigenvalue weighted by molar-refractivity contribution is 0.140. The predicted molar refractivity (Wildman–Crippen MR) is 79.5 cm³/mol. The molecular weight excluding hydrogens is 254 g/mol. The number of hydrogen-bond acceptors (Lipinski definition) is 3. The van der Waals surface area contributed by atoms with Gasteiger partial charge in [-0.2, -0.15) is 0 Å². The fraction of sp³-hybridized carbons (Fsp3) is 0.812. The molecule has 2 aliphatic rings. The summed E-state index contributed by atoms with van der Waals surface area (Å²) in [6.07, 6.45) is 6.03. The second-order valence-electron chi connectivity index (χ2n) is 7.34. The van der Waals surface area contributed by atoms with Crippen molar-refractivity contribution in [1.29, 1.82) is 0 Å². The monoisotopic (exact) mass is 279 g/mol. The zero-order valence-corrected chi connectivity index (χ0v) is 13.0. The van der Waals surface area contributed by atoms with Crippen LogP contribution < -0.4 is 0 Å². The van der Waals surface area contributed by atoms with E-state index in [2.05, 4.69) is 26.2 Å². The summed E-state index contributed by atoms with van der Waals surface area (Å²) in [7, 11) is 0. The molecule has 3 atom stereocenters. The van der Waals surface area contributed by atoms with Crippen molar-refractivity contribution >= 4 is 11.3 Å². The van der Waals surface area contributed by atoms with Gasteiger partial charge in [0.05, 0.1) is 16.8 Å². The lowest BCUT2D eigenvalue weighted by Crippen LogP contribution is -2.16. The van der Waals surface area contributed by atoms with Crippen molar-refractivity contribution in [2.45, 2.75) is 64.4 Å². The van der Waals surface area contributed by atoms with E-state index < -0.39 is 0 Å². The van der Waals surface area contributed by atoms with Crippen LogP contribution in [0.2, 0.25) is 0 Å². The van der Waals surface area contributed by atoms with Crippen molar-refractivity contribution in [3.05, 3.63) is 16.1 Å². The van der Waals surface area contributed by atoms with Crippen molar-refractivity contribution in [2.75, 3.05) is 0 Å². The molecule has 0 saturated heterocycles. The minimum Gasteiger partial charge on any atom is -0.392 e. The van der Waals surface area contributed by atoms with Crippen LogP contribution in [0.5, 0.6) is 0 Å². The molecule has 1 aromatic heterocycles. The molecule has 0 aliphatic heterocycles. The third kappa shape index (κ3) is 2.73. The van der Waals surface area contributed by atoms with E-state index in [9.17, 15) is 5.11 Å². The van der Waals surface area contributed by atoms with Crippen molar-refractivity contribution < 1.29 is 5.11 Å². The van der Waals surface area contributed by atoms with E-state index in [-0.39, 0.29) is 11.5 Å². The quantitative estimate of drug-likeness (QED) is 0.913. The van der Waals surface area contributed by atoms with Gasteiger partial charge in [-0.15, -0.1) is 11.3 Å². The molecule has 19 heavy (non-hydrogen) atoms. The van der Waals surface area contributed by atoms with Gasteiger partial charge in [0.25, 0.3) is 0 Å². The molecule has 2 aliphatic carbocycles. The maximum Gasteiger partial charge on any atom is 0.0954 e. The van der Waals surface area contributed by atoms with Crippen molar-refractivity contribution in [3.8, 4) is 0 Å². The molecule has 2 fully saturated rings. The second kappa shape index (κ2) is 4.85. The highest BCUT2D eigenvalue weighted by Gasteiger charge is 2.53. The first-order valence-electron chi connectivity index (χ1n) is 7.60. The Kier molecular flexibility index (Phi) is 3.46. The minimum atomic E-state index is -0.160. The number of aromatic nitrogens is 1. The zero-order valence-electron chi connectivity index (χ0n) is 12.2. The summed E-state index contributed by atoms with van der Waals surface area (Å²) in [4.78, 5) is 4.71. The molecule has 0 bridgehead atoms. The molecule has 0 spiro atoms. The average Bonchev–Trinajstić information content (AvgIpc) is 2.88. The van der Waals surface area contributed by atoms with Crippen molar-refractivity contribution in [3.63, 3.8) is 0 Å². The first kappa shape index (κ1) is 13.6. The number of rotatable bonds is 3. The van der Waals surface area contributed by atoms with Crippen LogP contribution in [0.15, 0.2) is 5.38 Å². The van der Waals surface area contributed by atoms with Crippen LogP contribution >= 0.6 is 11.3 Å². The Morgan fingerprint density at radius 2 is 1.95 bits per heavy atom. The number of thiazole rings is 1. The maximum atomic E-state index is 10.5. The Labute approximate surface area is 120 Å². The van der Waals surface area contributed by atoms with Gasteiger partial charge in [-0.3, -0.25) is 0 Å². The van der Waals surface area contributed by atoms with Gasteiger partial charge in [0.15, 0.2) is 0 Å². The van der Waals surface area contributed by atoms with Crippen LogP contribution in [0.3, 0.4) is 0 Å². The van der Waals surface area contributed by atoms with Crippen LogP contribution in [0, 0.1) is 17.8 Å². The lowest BCUT2D eigenvalue weighted by atomic mass is 9.93. The number of hydrogen-bond donors (Lipinski definition) is 1. The molecule has 106 valence electrons. The van der Waals surface area contributed by atoms with E-state index >= 15 is 0 Å². The van der Waals surface area contributed by atoms with E-state index in [0.29, 0.717) is 5.92 Å². The Hall–Kier alpha value is -0.410. The first-order chi connectivity index (χ1) is 8.97. The number of aliphatic hydroxyl groups excluding tert-OH is 1. The molecule has 2 saturated carbocycles. The standard InChI is InChI=1S/C16H25NOS/c1-16(2,3)13-9-19-14(17-13)8-12(18)15-10-6-4-5-7-11(10)15/h9-12,15,18H,4-8H2,1-3H3. The van der Waals surface area contributed by atoms with Gasteiger partial charge in [0.2, 0.25) is 0 Å². The first-order valence-corrected chi connectivity index (χ1v) is 8.48. The van der Waals surface area contributed by atoms with Gasteiger partial charge in [0.1, 0.15) is 0 Å². The molecule has 0 aromatic carbocycles. The summed E-state index contributed by atoms with van der Waals surface area (Å²) in [6.45, 7) is 6.58. The minimum absolute atomic E-state index is 0.118. The van der Waals surface area contributed by atoms with E-state index in [0.717, 1.165) is 29.0 Å². The molecule has 2 nitrogen and oxygen atoms in total. The summed E-state index contributed by atoms with van der Waals surface area (Å²) in [5.74, 6) is 2.22. The highest BCUT2D eigenvalue weighted by molar-refractivity contribution is 7.09. The zero-order chi connectivity index (χ0) is 13.6. The molecule has 1 aromatic rings. The SMILES string of the molecule is CC(C)(C)c1csc(CC(O)C2C3CCCCC32)n1. The van der Waals surface area contributed by atoms with Gasteiger partial charge in [-0.05, 0) is 30.6 Å². The van der Waals surface area contributed by atoms with Gasteiger partial charge < -0.3 is 5.11 Å². The van der Waals surface area contributed by atoms with E-state index in [1.54, 1.807) is 11.3 Å². The fourth-order valence-corrected chi connectivity index (χ4v) is 4.75. The highest BCUT2D eigenvalue weighted by Crippen LogP contribution is 2.57. The van der Waals surface area contributed by atoms with Gasteiger partial charge >= 0.3 is 0 Å². The Morgan fingerprint density at radius 3 is 2.47 bits per heavy atom. The topological polar surface area (TPSA) is 33.1 Å². The van der Waals surface area contributed by atoms with Gasteiger partial charge in [-0.25, -0.2) is 4.98 Å². The fourth-order valence-electron chi connectivity index (χ4n) is 3.68. The van der Waals surface area contributed by atoms with Crippen LogP contribution in [-0.4, -0.2) is 16.2 Å². The summed E-state index contributed by atoms with van der Waals surface area (Å²) in [6, 6.07) is 0. The smallest absolute Gasteiger partial charge is 0.0954 e. The number of aliphatic hydroxyl groups is 1. The summed E-state index contributed by atoms with van der Waals surface area (Å²) in [5.41, 5.74) is 1.28. The highest BCUT2D eigenvalue weighted by atomic mass is 32.1. The average molecular weight is 279 g/mol. The van der Waals surface area contributed by atoms with Crippen LogP contribution in [0.1, 0.15) is 57.2 Å². The molecule has 0 amide bonds. The second-order valence-corrected chi connectivity index (χ2v) is 8.28. The normalized spacial score (nSPS) is 31.9. The third-order valence-electron chi connectivity index (χ3n) is 4.87. The van der Waals surface area contributed by atoms with E-state index in [4.69, 9.17) is 4.98 Å². The number of fused-ring (bicyclic) bond motifs is 1. The molecular formula is C16H25NOS. The van der Waals surface area contributed by atoms with Gasteiger partial charge in [0, 0.05) is 17.2 Å². The Bertz CT molecular complexity index is 436. The van der Waals surface area contributed by atoms with E-state index in [1.165, 1.54) is 25.7 Å². The summed E-state index contributed by atoms with van der Waals surface area (Å²) >= 11 is 1.71. The molecule has 3 unspecified atom stereocenters. The maximum absolute atomic E-state index is 10.5. The van der Waals surface area contributed by atoms with Crippen LogP contribution in [0.25, 0.3) is 0 Å². The Balaban J connectivity index is 1.61. The molecule has 3 heteroatoms. The predicted octanol–water partition coefficient (Wildman–Crippen LogP) is 3.78. The van der Waals surface area contributed by atoms with Crippen molar-refractivity contribution in [1.82, 2.24) is 4.98 Å². The third-order valence-corrected chi connectivity index (χ3v) is 5.74. The van der Waals surface area contributed by atoms with E-state index in [1.807, 2.05) is 0 Å². The lowest BCUT2D eigenvalue weighted by Gasteiger charge is -2.14. The summed E-state index contributed by atoms with van der Waals surface area (Å²) in [5, 5.41) is 13.7. The Morgan fingerprint density at radius 1 is 1.32 bits per heavy atom. The molecule has 1 heterocycles. The van der Waals surface area contributed by atoms with Crippen LogP contribution in [-0.2, 0) is 11.8 Å². The molecule has 3 rings (SSSR count). The van der Waals surface area contributed by atoms with Gasteiger partial charge in [-0.1, -0.05) is 33.6 Å². The number of nitrogens with zero attached hydrogens (tertiary/aromatic N) is 1. The summed E-state index contributed by atoms with van der Waals surface area (Å²) < 4.78 is 0. The van der Waals surface area contributed by atoms with Crippen molar-refractivity contribution in [2.24, 2.45) is 17.8 Å². The molecule has 0 radical (unpaired) electrons.